The molecule has 0 saturated heterocycles. The van der Waals surface area contributed by atoms with Crippen LogP contribution in [0.1, 0.15) is 64.1 Å². The van der Waals surface area contributed by atoms with Gasteiger partial charge in [0, 0.05) is 22.9 Å². The summed E-state index contributed by atoms with van der Waals surface area (Å²) < 4.78 is 8.69. The Hall–Kier alpha value is -2.84. The van der Waals surface area contributed by atoms with E-state index in [2.05, 4.69) is 69.3 Å². The number of ether oxygens (including phenoxy) is 1. The summed E-state index contributed by atoms with van der Waals surface area (Å²) in [6.45, 7) is 22.3. The Balaban J connectivity index is 0.000000374. The largest absolute Gasteiger partial charge is 0.441 e. The zero-order valence-electron chi connectivity index (χ0n) is 23.6. The molecule has 4 rings (SSSR count). The molecule has 3 atom stereocenters. The van der Waals surface area contributed by atoms with Crippen molar-refractivity contribution < 1.29 is 9.31 Å². The van der Waals surface area contributed by atoms with Crippen LogP contribution in [0.3, 0.4) is 0 Å². The second kappa shape index (κ2) is 18.4. The van der Waals surface area contributed by atoms with Gasteiger partial charge in [0.05, 0.1) is 5.92 Å². The number of halogens is 1. The highest BCUT2D eigenvalue weighted by atomic mass is 35.5. The molecule has 2 heterocycles. The van der Waals surface area contributed by atoms with Crippen LogP contribution >= 0.6 is 11.6 Å². The molecular formula is C34H47ClNO+. The molecule has 0 amide bonds. The molecule has 0 saturated carbocycles. The van der Waals surface area contributed by atoms with Gasteiger partial charge < -0.3 is 4.74 Å². The molecule has 2 aromatic carbocycles. The minimum atomic E-state index is 0.406. The first-order valence-corrected chi connectivity index (χ1v) is 13.9. The predicted molar refractivity (Wildman–Crippen MR) is 164 cm³/mol. The van der Waals surface area contributed by atoms with Gasteiger partial charge in [-0.25, -0.2) is 0 Å². The lowest BCUT2D eigenvalue weighted by Gasteiger charge is -2.26. The Kier molecular flexibility index (Phi) is 16.0. The first-order chi connectivity index (χ1) is 17.9. The van der Waals surface area contributed by atoms with Crippen LogP contribution in [0.4, 0.5) is 0 Å². The summed E-state index contributed by atoms with van der Waals surface area (Å²) in [6, 6.07) is 19.4. The molecule has 2 aliphatic rings. The summed E-state index contributed by atoms with van der Waals surface area (Å²) >= 11 is 6.05. The fourth-order valence-corrected chi connectivity index (χ4v) is 4.59. The smallest absolute Gasteiger partial charge is 0.340 e. The van der Waals surface area contributed by atoms with E-state index in [0.29, 0.717) is 23.9 Å². The molecule has 0 aromatic heterocycles. The molecule has 0 fully saturated rings. The van der Waals surface area contributed by atoms with Crippen molar-refractivity contribution in [2.24, 2.45) is 11.8 Å². The average Bonchev–Trinajstić information content (AvgIpc) is 3.37. The molecule has 2 nitrogen and oxygen atoms in total. The number of benzene rings is 2. The van der Waals surface area contributed by atoms with Crippen LogP contribution in [0.15, 0.2) is 105 Å². The standard InChI is InChI=1S/C19H25ClNO.C7H8.C6H8.C2H6/c1-4-5-15-8-11-17(14-6-9-16(20)10-7-14)21-18(13(2)3)12-22-19(15)21;1-7-5-3-2-4-6-7;1-3-5-6-4-2;1-2/h4,6-7,9-10,13,15,17-18H,1,5,8,11-12H2,2-3H3;2-6H,1H3;3-6H,1-2H2;1-2H3/q+1;;;/b;;6-5-;. The van der Waals surface area contributed by atoms with Gasteiger partial charge >= 0.3 is 5.90 Å². The van der Waals surface area contributed by atoms with Gasteiger partial charge in [0.25, 0.3) is 0 Å². The summed E-state index contributed by atoms with van der Waals surface area (Å²) in [4.78, 5) is 0. The number of rotatable bonds is 6. The van der Waals surface area contributed by atoms with Crippen molar-refractivity contribution in [3.05, 3.63) is 121 Å². The third kappa shape index (κ3) is 10.6. The fraction of sp³-hybridized carbons (Fsp3) is 0.382. The van der Waals surface area contributed by atoms with Gasteiger partial charge in [0.1, 0.15) is 0 Å². The van der Waals surface area contributed by atoms with Crippen LogP contribution < -0.4 is 0 Å². The minimum Gasteiger partial charge on any atom is -0.441 e. The zero-order chi connectivity index (χ0) is 27.6. The van der Waals surface area contributed by atoms with Crippen LogP contribution in [-0.2, 0) is 4.74 Å². The maximum absolute atomic E-state index is 6.14. The highest BCUT2D eigenvalue weighted by Gasteiger charge is 2.48. The van der Waals surface area contributed by atoms with E-state index < -0.39 is 0 Å². The molecule has 0 radical (unpaired) electrons. The lowest BCUT2D eigenvalue weighted by Crippen LogP contribution is -2.39. The van der Waals surface area contributed by atoms with E-state index >= 15 is 0 Å². The maximum atomic E-state index is 6.14. The number of hydrogen-bond acceptors (Lipinski definition) is 1. The molecule has 200 valence electrons. The topological polar surface area (TPSA) is 12.2 Å². The summed E-state index contributed by atoms with van der Waals surface area (Å²) in [7, 11) is 0. The summed E-state index contributed by atoms with van der Waals surface area (Å²) in [5, 5.41) is 0.798. The van der Waals surface area contributed by atoms with Crippen LogP contribution in [-0.4, -0.2) is 23.1 Å². The molecule has 37 heavy (non-hydrogen) atoms. The zero-order valence-corrected chi connectivity index (χ0v) is 24.3. The van der Waals surface area contributed by atoms with Crippen molar-refractivity contribution in [3.63, 3.8) is 0 Å². The van der Waals surface area contributed by atoms with E-state index in [1.54, 1.807) is 12.2 Å². The monoisotopic (exact) mass is 520 g/mol. The molecule has 0 aliphatic carbocycles. The number of nitrogens with zero attached hydrogens (tertiary/aromatic N) is 1. The Labute approximate surface area is 231 Å². The maximum Gasteiger partial charge on any atom is 0.340 e. The molecule has 2 aromatic rings. The number of hydrogen-bond donors (Lipinski definition) is 0. The second-order valence-corrected chi connectivity index (χ2v) is 9.68. The van der Waals surface area contributed by atoms with E-state index in [1.165, 1.54) is 17.0 Å². The fourth-order valence-electron chi connectivity index (χ4n) is 4.46. The third-order valence-corrected chi connectivity index (χ3v) is 6.54. The van der Waals surface area contributed by atoms with Crippen molar-refractivity contribution in [2.45, 2.75) is 66.0 Å². The van der Waals surface area contributed by atoms with Crippen LogP contribution in [0.2, 0.25) is 5.02 Å². The second-order valence-electron chi connectivity index (χ2n) is 9.24. The Morgan fingerprint density at radius 2 is 1.54 bits per heavy atom. The SMILES string of the molecule is C=C/C=C\C=C.C=CCC1CCC(c2ccc(Cl)cc2)[N+]2=C1OCC2C(C)C.CC.Cc1ccccc1. The molecule has 2 aliphatic heterocycles. The predicted octanol–water partition coefficient (Wildman–Crippen LogP) is 9.77. The van der Waals surface area contributed by atoms with Crippen molar-refractivity contribution in [1.29, 1.82) is 0 Å². The number of aryl methyl sites for hydroxylation is 1. The lowest BCUT2D eigenvalue weighted by atomic mass is 9.88. The molecule has 3 heteroatoms. The van der Waals surface area contributed by atoms with Gasteiger partial charge in [-0.1, -0.05) is 131 Å². The van der Waals surface area contributed by atoms with Crippen LogP contribution in [0, 0.1) is 18.8 Å². The Morgan fingerprint density at radius 3 is 2.00 bits per heavy atom. The van der Waals surface area contributed by atoms with E-state index in [1.807, 2.05) is 62.4 Å². The van der Waals surface area contributed by atoms with Crippen molar-refractivity contribution in [1.82, 2.24) is 0 Å². The van der Waals surface area contributed by atoms with Gasteiger partial charge in [-0.3, -0.25) is 0 Å². The van der Waals surface area contributed by atoms with Crippen molar-refractivity contribution in [2.75, 3.05) is 6.61 Å². The van der Waals surface area contributed by atoms with Gasteiger partial charge in [-0.2, -0.15) is 4.58 Å². The van der Waals surface area contributed by atoms with Crippen LogP contribution in [0.25, 0.3) is 0 Å². The molecule has 0 bridgehead atoms. The van der Waals surface area contributed by atoms with Gasteiger partial charge in [0.15, 0.2) is 18.7 Å². The van der Waals surface area contributed by atoms with E-state index in [4.69, 9.17) is 16.3 Å². The normalized spacial score (nSPS) is 19.7. The first kappa shape index (κ1) is 32.2. The highest BCUT2D eigenvalue weighted by Crippen LogP contribution is 2.37. The Bertz CT molecular complexity index is 978. The van der Waals surface area contributed by atoms with Crippen molar-refractivity contribution >= 4 is 17.5 Å². The van der Waals surface area contributed by atoms with Crippen LogP contribution in [0.5, 0.6) is 0 Å². The summed E-state index contributed by atoms with van der Waals surface area (Å²) in [6.07, 6.45) is 12.4. The molecule has 0 spiro atoms. The van der Waals surface area contributed by atoms with Gasteiger partial charge in [-0.15, -0.1) is 6.58 Å². The van der Waals surface area contributed by atoms with Crippen molar-refractivity contribution in [3.8, 4) is 0 Å². The molecular weight excluding hydrogens is 474 g/mol. The molecule has 0 N–H and O–H groups in total. The van der Waals surface area contributed by atoms with E-state index in [9.17, 15) is 0 Å². The number of allylic oxidation sites excluding steroid dienone is 5. The van der Waals surface area contributed by atoms with Gasteiger partial charge in [-0.05, 0) is 31.9 Å². The lowest BCUT2D eigenvalue weighted by molar-refractivity contribution is -0.611. The first-order valence-electron chi connectivity index (χ1n) is 13.5. The van der Waals surface area contributed by atoms with Gasteiger partial charge in [0.2, 0.25) is 0 Å². The minimum absolute atomic E-state index is 0.406. The highest BCUT2D eigenvalue weighted by molar-refractivity contribution is 6.30. The van der Waals surface area contributed by atoms with E-state index in [-0.39, 0.29) is 0 Å². The summed E-state index contributed by atoms with van der Waals surface area (Å²) in [5.74, 6) is 2.25. The van der Waals surface area contributed by atoms with E-state index in [0.717, 1.165) is 30.9 Å². The quantitative estimate of drug-likeness (QED) is 0.209. The summed E-state index contributed by atoms with van der Waals surface area (Å²) in [5.41, 5.74) is 2.66. The third-order valence-electron chi connectivity index (χ3n) is 6.29. The molecule has 3 unspecified atom stereocenters. The average molecular weight is 521 g/mol. The Morgan fingerprint density at radius 1 is 0.946 bits per heavy atom.